The van der Waals surface area contributed by atoms with Crippen LogP contribution in [0.3, 0.4) is 0 Å². The molecule has 2 N–H and O–H groups in total. The lowest BCUT2D eigenvalue weighted by atomic mass is 10.0. The van der Waals surface area contributed by atoms with Crippen LogP contribution in [0.15, 0.2) is 91.5 Å². The van der Waals surface area contributed by atoms with Gasteiger partial charge in [0.05, 0.1) is 6.04 Å². The zero-order valence-corrected chi connectivity index (χ0v) is 15.7. The zero-order chi connectivity index (χ0) is 19.9. The van der Waals surface area contributed by atoms with Crippen LogP contribution >= 0.6 is 0 Å². The van der Waals surface area contributed by atoms with Gasteiger partial charge in [-0.2, -0.15) is 0 Å². The normalized spacial score (nSPS) is 11.3. The Bertz CT molecular complexity index is 962. The van der Waals surface area contributed by atoms with Crippen molar-refractivity contribution in [1.82, 2.24) is 5.32 Å². The minimum Gasteiger partial charge on any atom is -0.346 e. The van der Waals surface area contributed by atoms with Crippen molar-refractivity contribution in [2.45, 2.75) is 13.0 Å². The van der Waals surface area contributed by atoms with E-state index in [4.69, 9.17) is 0 Å². The van der Waals surface area contributed by atoms with E-state index in [1.807, 2.05) is 37.3 Å². The van der Waals surface area contributed by atoms with E-state index >= 15 is 0 Å². The minimum absolute atomic E-state index is 0.127. The van der Waals surface area contributed by atoms with E-state index in [-0.39, 0.29) is 17.9 Å². The van der Waals surface area contributed by atoms with Crippen molar-refractivity contribution in [3.63, 3.8) is 0 Å². The van der Waals surface area contributed by atoms with Gasteiger partial charge in [0.1, 0.15) is 0 Å². The molecule has 140 valence electrons. The second kappa shape index (κ2) is 8.82. The molecule has 0 saturated carbocycles. The van der Waals surface area contributed by atoms with E-state index in [1.54, 1.807) is 24.3 Å². The smallest absolute Gasteiger partial charge is 0.251 e. The summed E-state index contributed by atoms with van der Waals surface area (Å²) in [5.74, 6) is -0.453. The van der Waals surface area contributed by atoms with Crippen LogP contribution in [0.2, 0.25) is 0 Å². The number of benzene rings is 3. The molecular formula is C24H22N2O2. The maximum Gasteiger partial charge on any atom is 0.251 e. The van der Waals surface area contributed by atoms with Crippen LogP contribution in [0, 0.1) is 0 Å². The van der Waals surface area contributed by atoms with Crippen molar-refractivity contribution < 1.29 is 9.59 Å². The van der Waals surface area contributed by atoms with Crippen LogP contribution in [0.5, 0.6) is 0 Å². The Kier molecular flexibility index (Phi) is 6.02. The van der Waals surface area contributed by atoms with E-state index in [0.29, 0.717) is 11.3 Å². The van der Waals surface area contributed by atoms with Gasteiger partial charge >= 0.3 is 0 Å². The number of carbonyl (C=O) groups excluding carboxylic acids is 2. The van der Waals surface area contributed by atoms with Crippen LogP contribution in [0.4, 0.5) is 5.69 Å². The SMILES string of the molecule is C=CC(=O)Nc1ccc(C(=O)N[C@@H](C)c2ccc(-c3ccccc3)cc2)cc1. The third-order valence-electron chi connectivity index (χ3n) is 4.47. The van der Waals surface area contributed by atoms with Gasteiger partial charge in [-0.05, 0) is 54.0 Å². The molecule has 2 amide bonds. The third kappa shape index (κ3) is 4.74. The summed E-state index contributed by atoms with van der Waals surface area (Å²) in [6.07, 6.45) is 1.20. The first-order valence-corrected chi connectivity index (χ1v) is 9.06. The van der Waals surface area contributed by atoms with Gasteiger partial charge in [0.25, 0.3) is 5.91 Å². The fourth-order valence-corrected chi connectivity index (χ4v) is 2.86. The number of anilines is 1. The first-order chi connectivity index (χ1) is 13.6. The Labute approximate surface area is 164 Å². The minimum atomic E-state index is -0.287. The predicted molar refractivity (Wildman–Crippen MR) is 113 cm³/mol. The van der Waals surface area contributed by atoms with E-state index in [2.05, 4.69) is 41.5 Å². The van der Waals surface area contributed by atoms with Gasteiger partial charge in [-0.25, -0.2) is 0 Å². The molecule has 0 saturated heterocycles. The summed E-state index contributed by atoms with van der Waals surface area (Å²) in [6.45, 7) is 5.36. The molecule has 3 aromatic carbocycles. The summed E-state index contributed by atoms with van der Waals surface area (Å²) < 4.78 is 0. The Morgan fingerprint density at radius 3 is 2.07 bits per heavy atom. The van der Waals surface area contributed by atoms with Gasteiger partial charge in [0, 0.05) is 11.3 Å². The van der Waals surface area contributed by atoms with Gasteiger partial charge < -0.3 is 10.6 Å². The summed E-state index contributed by atoms with van der Waals surface area (Å²) in [4.78, 5) is 23.8. The number of amides is 2. The number of carbonyl (C=O) groups is 2. The Hall–Kier alpha value is -3.66. The molecule has 1 atom stereocenters. The van der Waals surface area contributed by atoms with Crippen LogP contribution in [0.1, 0.15) is 28.9 Å². The largest absolute Gasteiger partial charge is 0.346 e. The molecular weight excluding hydrogens is 348 g/mol. The molecule has 0 spiro atoms. The molecule has 3 aromatic rings. The van der Waals surface area contributed by atoms with Crippen molar-refractivity contribution in [2.75, 3.05) is 5.32 Å². The second-order valence-electron chi connectivity index (χ2n) is 6.45. The molecule has 4 heteroatoms. The summed E-state index contributed by atoms with van der Waals surface area (Å²) in [7, 11) is 0. The molecule has 0 aliphatic heterocycles. The number of hydrogen-bond acceptors (Lipinski definition) is 2. The van der Waals surface area contributed by atoms with Gasteiger partial charge in [-0.3, -0.25) is 9.59 Å². The zero-order valence-electron chi connectivity index (χ0n) is 15.7. The van der Waals surface area contributed by atoms with Crippen molar-refractivity contribution in [2.24, 2.45) is 0 Å². The molecule has 0 bridgehead atoms. The van der Waals surface area contributed by atoms with E-state index in [1.165, 1.54) is 6.08 Å². The highest BCUT2D eigenvalue weighted by Gasteiger charge is 2.12. The maximum atomic E-state index is 12.5. The molecule has 0 heterocycles. The molecule has 0 radical (unpaired) electrons. The Morgan fingerprint density at radius 1 is 0.857 bits per heavy atom. The fourth-order valence-electron chi connectivity index (χ4n) is 2.86. The maximum absolute atomic E-state index is 12.5. The van der Waals surface area contributed by atoms with Gasteiger partial charge in [-0.15, -0.1) is 0 Å². The van der Waals surface area contributed by atoms with Gasteiger partial charge in [0.15, 0.2) is 0 Å². The monoisotopic (exact) mass is 370 g/mol. The molecule has 0 unspecified atom stereocenters. The highest BCUT2D eigenvalue weighted by molar-refractivity contribution is 5.99. The van der Waals surface area contributed by atoms with Crippen molar-refractivity contribution in [3.05, 3.63) is 103 Å². The van der Waals surface area contributed by atoms with Crippen molar-refractivity contribution in [1.29, 1.82) is 0 Å². The Balaban J connectivity index is 1.63. The molecule has 3 rings (SSSR count). The molecule has 28 heavy (non-hydrogen) atoms. The third-order valence-corrected chi connectivity index (χ3v) is 4.47. The number of rotatable bonds is 6. The number of nitrogens with one attached hydrogen (secondary N) is 2. The molecule has 0 aliphatic rings. The van der Waals surface area contributed by atoms with Crippen LogP contribution in [-0.2, 0) is 4.79 Å². The van der Waals surface area contributed by atoms with Gasteiger partial charge in [0.2, 0.25) is 5.91 Å². The highest BCUT2D eigenvalue weighted by Crippen LogP contribution is 2.22. The standard InChI is InChI=1S/C24H22N2O2/c1-3-23(27)26-22-15-13-21(14-16-22)24(28)25-17(2)18-9-11-20(12-10-18)19-7-5-4-6-8-19/h3-17H,1H2,2H3,(H,25,28)(H,26,27)/t17-/m0/s1. The highest BCUT2D eigenvalue weighted by atomic mass is 16.2. The number of hydrogen-bond donors (Lipinski definition) is 2. The van der Waals surface area contributed by atoms with E-state index in [9.17, 15) is 9.59 Å². The predicted octanol–water partition coefficient (Wildman–Crippen LogP) is 4.97. The first-order valence-electron chi connectivity index (χ1n) is 9.06. The first kappa shape index (κ1) is 19.1. The van der Waals surface area contributed by atoms with Crippen LogP contribution < -0.4 is 10.6 Å². The summed E-state index contributed by atoms with van der Waals surface area (Å²) in [5, 5.41) is 5.66. The van der Waals surface area contributed by atoms with Crippen LogP contribution in [0.25, 0.3) is 11.1 Å². The summed E-state index contributed by atoms with van der Waals surface area (Å²) in [6, 6.07) is 25.0. The molecule has 0 fully saturated rings. The topological polar surface area (TPSA) is 58.2 Å². The Morgan fingerprint density at radius 2 is 1.46 bits per heavy atom. The van der Waals surface area contributed by atoms with E-state index < -0.39 is 0 Å². The molecule has 0 aliphatic carbocycles. The summed E-state index contributed by atoms with van der Waals surface area (Å²) >= 11 is 0. The van der Waals surface area contributed by atoms with Crippen molar-refractivity contribution >= 4 is 17.5 Å². The van der Waals surface area contributed by atoms with Gasteiger partial charge in [-0.1, -0.05) is 61.2 Å². The fraction of sp³-hybridized carbons (Fsp3) is 0.0833. The summed E-state index contributed by atoms with van der Waals surface area (Å²) in [5.41, 5.74) is 4.48. The quantitative estimate of drug-likeness (QED) is 0.602. The van der Waals surface area contributed by atoms with Crippen molar-refractivity contribution in [3.8, 4) is 11.1 Å². The average molecular weight is 370 g/mol. The average Bonchev–Trinajstić information content (AvgIpc) is 2.74. The molecule has 0 aromatic heterocycles. The molecule has 4 nitrogen and oxygen atoms in total. The lowest BCUT2D eigenvalue weighted by Gasteiger charge is -2.15. The lowest BCUT2D eigenvalue weighted by molar-refractivity contribution is -0.111. The lowest BCUT2D eigenvalue weighted by Crippen LogP contribution is -2.26. The van der Waals surface area contributed by atoms with Crippen LogP contribution in [-0.4, -0.2) is 11.8 Å². The van der Waals surface area contributed by atoms with E-state index in [0.717, 1.165) is 16.7 Å². The second-order valence-corrected chi connectivity index (χ2v) is 6.45.